The Morgan fingerprint density at radius 2 is 1.81 bits per heavy atom. The minimum atomic E-state index is -1.08. The number of nitro groups is 1. The highest BCUT2D eigenvalue weighted by molar-refractivity contribution is 6.51. The van der Waals surface area contributed by atoms with Crippen LogP contribution in [0.25, 0.3) is 16.8 Å². The molecule has 1 atom stereocenters. The quantitative estimate of drug-likeness (QED) is 0.132. The molecule has 1 unspecified atom stereocenters. The van der Waals surface area contributed by atoms with Crippen molar-refractivity contribution in [2.75, 3.05) is 19.1 Å². The zero-order chi connectivity index (χ0) is 26.3. The van der Waals surface area contributed by atoms with Crippen molar-refractivity contribution in [3.63, 3.8) is 0 Å². The van der Waals surface area contributed by atoms with Gasteiger partial charge < -0.3 is 19.6 Å². The standard InChI is InChI=1S/C25H19N5O7/c1-36-18-10-16-17(11-19(18)37-2)28-25(27-16)29-21(14-4-3-9-26-12-14)20(23(32)24(29)33)22(31)13-5-7-15(8-6-13)30(34)35/h3-12,21,31H,1-2H3,(H,27,28)/b22-20+. The van der Waals surface area contributed by atoms with Gasteiger partial charge in [0, 0.05) is 42.2 Å². The number of ether oxygens (including phenoxy) is 2. The molecule has 5 rings (SSSR count). The molecule has 0 saturated carbocycles. The fourth-order valence-corrected chi connectivity index (χ4v) is 4.24. The van der Waals surface area contributed by atoms with Crippen molar-refractivity contribution in [1.29, 1.82) is 0 Å². The van der Waals surface area contributed by atoms with E-state index in [0.717, 1.165) is 4.90 Å². The first kappa shape index (κ1) is 23.5. The molecule has 2 N–H and O–H groups in total. The number of fused-ring (bicyclic) bond motifs is 1. The Morgan fingerprint density at radius 1 is 1.11 bits per heavy atom. The number of nitrogens with one attached hydrogen (secondary N) is 1. The predicted octanol–water partition coefficient (Wildman–Crippen LogP) is 3.51. The third-order valence-electron chi connectivity index (χ3n) is 6.00. The van der Waals surface area contributed by atoms with Crippen molar-refractivity contribution in [1.82, 2.24) is 15.0 Å². The Hall–Kier alpha value is -5.26. The number of amides is 1. The van der Waals surface area contributed by atoms with E-state index >= 15 is 0 Å². The number of aliphatic hydroxyl groups excluding tert-OH is 1. The zero-order valence-corrected chi connectivity index (χ0v) is 19.5. The number of nitrogens with zero attached hydrogens (tertiary/aromatic N) is 4. The van der Waals surface area contributed by atoms with Crippen LogP contribution in [-0.2, 0) is 9.59 Å². The van der Waals surface area contributed by atoms with Crippen molar-refractivity contribution in [2.24, 2.45) is 0 Å². The lowest BCUT2D eigenvalue weighted by atomic mass is 9.96. The van der Waals surface area contributed by atoms with Crippen LogP contribution in [0.4, 0.5) is 11.6 Å². The number of carbonyl (C=O) groups excluding carboxylic acids is 2. The molecule has 12 nitrogen and oxygen atoms in total. The van der Waals surface area contributed by atoms with Gasteiger partial charge in [-0.25, -0.2) is 4.98 Å². The van der Waals surface area contributed by atoms with Crippen LogP contribution in [0, 0.1) is 10.1 Å². The van der Waals surface area contributed by atoms with E-state index in [4.69, 9.17) is 9.47 Å². The van der Waals surface area contributed by atoms with Gasteiger partial charge >= 0.3 is 5.91 Å². The second-order valence-corrected chi connectivity index (χ2v) is 8.04. The number of Topliss-reactive ketones (excluding diaryl/α,β-unsaturated/α-hetero) is 1. The lowest BCUT2D eigenvalue weighted by molar-refractivity contribution is -0.384. The van der Waals surface area contributed by atoms with Crippen molar-refractivity contribution in [3.05, 3.63) is 87.7 Å². The molecule has 0 radical (unpaired) electrons. The summed E-state index contributed by atoms with van der Waals surface area (Å²) in [6, 6.07) is 10.5. The molecular formula is C25H19N5O7. The largest absolute Gasteiger partial charge is 0.507 e. The number of hydrogen-bond acceptors (Lipinski definition) is 9. The highest BCUT2D eigenvalue weighted by Crippen LogP contribution is 2.42. The number of aliphatic hydroxyl groups is 1. The molecule has 37 heavy (non-hydrogen) atoms. The van der Waals surface area contributed by atoms with Crippen molar-refractivity contribution >= 4 is 40.1 Å². The summed E-state index contributed by atoms with van der Waals surface area (Å²) in [6.45, 7) is 0. The second kappa shape index (κ2) is 9.07. The number of H-pyrrole nitrogens is 1. The number of methoxy groups -OCH3 is 2. The number of aromatic amines is 1. The lowest BCUT2D eigenvalue weighted by Crippen LogP contribution is -2.30. The molecule has 3 heterocycles. The van der Waals surface area contributed by atoms with Crippen molar-refractivity contribution in [2.45, 2.75) is 6.04 Å². The molecule has 12 heteroatoms. The number of pyridine rings is 1. The average Bonchev–Trinajstić information content (AvgIpc) is 3.45. The summed E-state index contributed by atoms with van der Waals surface area (Å²) in [5, 5.41) is 22.2. The maximum absolute atomic E-state index is 13.3. The van der Waals surface area contributed by atoms with Gasteiger partial charge in [-0.15, -0.1) is 0 Å². The molecular weight excluding hydrogens is 482 g/mol. The normalized spacial score (nSPS) is 16.8. The van der Waals surface area contributed by atoms with Crippen LogP contribution in [0.2, 0.25) is 0 Å². The fourth-order valence-electron chi connectivity index (χ4n) is 4.24. The number of imidazole rings is 1. The number of ketones is 1. The topological polar surface area (TPSA) is 161 Å². The minimum absolute atomic E-state index is 0.0593. The second-order valence-electron chi connectivity index (χ2n) is 8.04. The van der Waals surface area contributed by atoms with E-state index in [0.29, 0.717) is 28.1 Å². The van der Waals surface area contributed by atoms with Gasteiger partial charge in [0.05, 0.1) is 41.8 Å². The van der Waals surface area contributed by atoms with Gasteiger partial charge in [0.2, 0.25) is 5.95 Å². The Labute approximate surface area is 208 Å². The molecule has 0 aliphatic carbocycles. The lowest BCUT2D eigenvalue weighted by Gasteiger charge is -2.22. The Morgan fingerprint density at radius 3 is 2.43 bits per heavy atom. The van der Waals surface area contributed by atoms with Crippen LogP contribution in [0.1, 0.15) is 17.2 Å². The fraction of sp³-hybridized carbons (Fsp3) is 0.120. The number of rotatable bonds is 6. The number of non-ortho nitro benzene ring substituents is 1. The minimum Gasteiger partial charge on any atom is -0.507 e. The van der Waals surface area contributed by atoms with Gasteiger partial charge in [-0.2, -0.15) is 0 Å². The molecule has 0 spiro atoms. The van der Waals surface area contributed by atoms with Gasteiger partial charge in [-0.05, 0) is 23.8 Å². The number of aromatic nitrogens is 3. The summed E-state index contributed by atoms with van der Waals surface area (Å²) in [7, 11) is 2.97. The van der Waals surface area contributed by atoms with Gasteiger partial charge in [-0.1, -0.05) is 6.07 Å². The summed E-state index contributed by atoms with van der Waals surface area (Å²) in [5.74, 6) is -1.42. The first-order valence-corrected chi connectivity index (χ1v) is 10.9. The summed E-state index contributed by atoms with van der Waals surface area (Å²) in [4.78, 5) is 49.8. The van der Waals surface area contributed by atoms with Crippen molar-refractivity contribution in [3.8, 4) is 11.5 Å². The summed E-state index contributed by atoms with van der Waals surface area (Å²) >= 11 is 0. The summed E-state index contributed by atoms with van der Waals surface area (Å²) in [5.41, 5.74) is 1.17. The van der Waals surface area contributed by atoms with Gasteiger partial charge in [-0.3, -0.25) is 29.6 Å². The van der Waals surface area contributed by atoms with Crippen LogP contribution in [-0.4, -0.2) is 50.9 Å². The third-order valence-corrected chi connectivity index (χ3v) is 6.00. The smallest absolute Gasteiger partial charge is 0.302 e. The monoisotopic (exact) mass is 501 g/mol. The van der Waals surface area contributed by atoms with Gasteiger partial charge in [0.15, 0.2) is 11.5 Å². The number of anilines is 1. The van der Waals surface area contributed by atoms with E-state index in [1.165, 1.54) is 50.9 Å². The molecule has 0 bridgehead atoms. The number of nitro benzene ring substituents is 1. The molecule has 1 aliphatic heterocycles. The van der Waals surface area contributed by atoms with Gasteiger partial charge in [0.1, 0.15) is 5.76 Å². The van der Waals surface area contributed by atoms with Crippen LogP contribution in [0.15, 0.2) is 66.5 Å². The van der Waals surface area contributed by atoms with Crippen LogP contribution in [0.3, 0.4) is 0 Å². The Bertz CT molecular complexity index is 1540. The Balaban J connectivity index is 1.69. The van der Waals surface area contributed by atoms with E-state index in [1.807, 2.05) is 0 Å². The molecule has 2 aromatic carbocycles. The van der Waals surface area contributed by atoms with Crippen LogP contribution >= 0.6 is 0 Å². The maximum Gasteiger partial charge on any atom is 0.302 e. The molecule has 1 saturated heterocycles. The van der Waals surface area contributed by atoms with E-state index in [9.17, 15) is 24.8 Å². The summed E-state index contributed by atoms with van der Waals surface area (Å²) < 4.78 is 10.7. The highest BCUT2D eigenvalue weighted by Gasteiger charge is 2.48. The van der Waals surface area contributed by atoms with E-state index in [1.54, 1.807) is 24.3 Å². The Kier molecular flexibility index (Phi) is 5.76. The zero-order valence-electron chi connectivity index (χ0n) is 19.5. The van der Waals surface area contributed by atoms with E-state index in [2.05, 4.69) is 15.0 Å². The molecule has 4 aromatic rings. The molecule has 1 fully saturated rings. The van der Waals surface area contributed by atoms with E-state index < -0.39 is 28.4 Å². The summed E-state index contributed by atoms with van der Waals surface area (Å²) in [6.07, 6.45) is 3.01. The molecule has 2 aromatic heterocycles. The van der Waals surface area contributed by atoms with Crippen LogP contribution in [0.5, 0.6) is 11.5 Å². The van der Waals surface area contributed by atoms with Gasteiger partial charge in [0.25, 0.3) is 11.5 Å². The van der Waals surface area contributed by atoms with Crippen LogP contribution < -0.4 is 14.4 Å². The maximum atomic E-state index is 13.3. The average molecular weight is 501 g/mol. The molecule has 186 valence electrons. The number of hydrogen-bond donors (Lipinski definition) is 2. The SMILES string of the molecule is COc1cc2nc(N3C(=O)C(=O)/C(=C(/O)c4ccc([N+](=O)[O-])cc4)C3c3cccnc3)[nH]c2cc1OC. The highest BCUT2D eigenvalue weighted by atomic mass is 16.6. The van der Waals surface area contributed by atoms with E-state index in [-0.39, 0.29) is 22.8 Å². The first-order chi connectivity index (χ1) is 17.8. The van der Waals surface area contributed by atoms with Crippen molar-refractivity contribution < 1.29 is 29.1 Å². The predicted molar refractivity (Wildman–Crippen MR) is 131 cm³/mol. The first-order valence-electron chi connectivity index (χ1n) is 10.9. The number of benzene rings is 2. The molecule has 1 amide bonds. The number of carbonyl (C=O) groups is 2. The third kappa shape index (κ3) is 3.89. The molecule has 1 aliphatic rings.